The third-order valence-electron chi connectivity index (χ3n) is 3.17. The van der Waals surface area contributed by atoms with E-state index < -0.39 is 6.10 Å². The van der Waals surface area contributed by atoms with Gasteiger partial charge in [0.05, 0.1) is 25.9 Å². The first kappa shape index (κ1) is 14.2. The first-order valence-electron chi connectivity index (χ1n) is 6.29. The summed E-state index contributed by atoms with van der Waals surface area (Å²) in [5.41, 5.74) is 0. The molecule has 0 aromatic rings. The molecule has 3 atom stereocenters. The van der Waals surface area contributed by atoms with Crippen molar-refractivity contribution in [1.82, 2.24) is 5.32 Å². The molecule has 0 amide bonds. The zero-order chi connectivity index (χ0) is 12.5. The lowest BCUT2D eigenvalue weighted by Crippen LogP contribution is -2.31. The van der Waals surface area contributed by atoms with E-state index in [1.807, 2.05) is 0 Å². The number of ether oxygens (including phenoxy) is 1. The maximum atomic E-state index is 9.60. The molecule has 0 spiro atoms. The summed E-state index contributed by atoms with van der Waals surface area (Å²) < 4.78 is 5.56. The number of hydrogen-bond acceptors (Lipinski definition) is 3. The molecule has 0 fully saturated rings. The Balaban J connectivity index is 2.06. The Morgan fingerprint density at radius 2 is 2.29 bits per heavy atom. The van der Waals surface area contributed by atoms with Crippen LogP contribution in [0.2, 0.25) is 0 Å². The van der Waals surface area contributed by atoms with Crippen molar-refractivity contribution >= 4 is 0 Å². The average molecular weight is 237 g/mol. The first-order chi connectivity index (χ1) is 8.24. The molecule has 3 heteroatoms. The van der Waals surface area contributed by atoms with Gasteiger partial charge < -0.3 is 15.2 Å². The van der Waals surface area contributed by atoms with Crippen LogP contribution < -0.4 is 5.32 Å². The van der Waals surface area contributed by atoms with Crippen LogP contribution in [0.15, 0.2) is 12.2 Å². The van der Waals surface area contributed by atoms with Crippen LogP contribution in [0, 0.1) is 24.2 Å². The summed E-state index contributed by atoms with van der Waals surface area (Å²) in [6.45, 7) is 4.34. The molecular weight excluding hydrogens is 214 g/mol. The molecule has 0 radical (unpaired) electrons. The Bertz CT molecular complexity index is 270. The van der Waals surface area contributed by atoms with Crippen molar-refractivity contribution in [2.75, 3.05) is 26.3 Å². The minimum atomic E-state index is -0.474. The third kappa shape index (κ3) is 5.88. The normalized spacial score (nSPS) is 25.5. The predicted molar refractivity (Wildman–Crippen MR) is 69.6 cm³/mol. The molecule has 0 saturated carbocycles. The lowest BCUT2D eigenvalue weighted by molar-refractivity contribution is 0.0132. The molecule has 17 heavy (non-hydrogen) atoms. The van der Waals surface area contributed by atoms with Crippen LogP contribution in [0.1, 0.15) is 19.8 Å². The van der Waals surface area contributed by atoms with Crippen LogP contribution in [0.25, 0.3) is 0 Å². The van der Waals surface area contributed by atoms with Gasteiger partial charge in [0, 0.05) is 6.54 Å². The third-order valence-corrected chi connectivity index (χ3v) is 3.17. The topological polar surface area (TPSA) is 41.5 Å². The average Bonchev–Trinajstić information content (AvgIpc) is 2.32. The van der Waals surface area contributed by atoms with Gasteiger partial charge in [0.2, 0.25) is 0 Å². The lowest BCUT2D eigenvalue weighted by atomic mass is 9.85. The summed E-state index contributed by atoms with van der Waals surface area (Å²) in [7, 11) is 0. The molecule has 0 aromatic heterocycles. The number of terminal acetylenes is 1. The van der Waals surface area contributed by atoms with Gasteiger partial charge in [-0.05, 0) is 24.7 Å². The van der Waals surface area contributed by atoms with E-state index in [0.717, 1.165) is 19.4 Å². The second kappa shape index (κ2) is 8.30. The number of hydrogen-bond donors (Lipinski definition) is 2. The second-order valence-electron chi connectivity index (χ2n) is 4.71. The molecular formula is C14H23NO2. The van der Waals surface area contributed by atoms with E-state index in [0.29, 0.717) is 31.5 Å². The number of nitrogens with one attached hydrogen (secondary N) is 1. The van der Waals surface area contributed by atoms with Crippen molar-refractivity contribution in [2.24, 2.45) is 11.8 Å². The Kier molecular flexibility index (Phi) is 6.95. The highest BCUT2D eigenvalue weighted by atomic mass is 16.5. The molecule has 1 aliphatic carbocycles. The van der Waals surface area contributed by atoms with Gasteiger partial charge in [0.25, 0.3) is 0 Å². The summed E-state index contributed by atoms with van der Waals surface area (Å²) in [5.74, 6) is 3.73. The van der Waals surface area contributed by atoms with E-state index in [9.17, 15) is 5.11 Å². The Morgan fingerprint density at radius 3 is 3.00 bits per heavy atom. The van der Waals surface area contributed by atoms with Crippen molar-refractivity contribution in [2.45, 2.75) is 25.9 Å². The number of rotatable bonds is 7. The first-order valence-corrected chi connectivity index (χ1v) is 6.29. The fourth-order valence-corrected chi connectivity index (χ4v) is 1.96. The van der Waals surface area contributed by atoms with Crippen LogP contribution in [-0.4, -0.2) is 37.5 Å². The molecule has 2 N–H and O–H groups in total. The molecule has 0 aliphatic heterocycles. The van der Waals surface area contributed by atoms with Crippen LogP contribution in [0.3, 0.4) is 0 Å². The van der Waals surface area contributed by atoms with Crippen LogP contribution in [-0.2, 0) is 4.74 Å². The summed E-state index contributed by atoms with van der Waals surface area (Å²) in [6, 6.07) is 0. The fraction of sp³-hybridized carbons (Fsp3) is 0.714. The molecule has 3 nitrogen and oxygen atoms in total. The zero-order valence-electron chi connectivity index (χ0n) is 10.6. The van der Waals surface area contributed by atoms with Crippen molar-refractivity contribution < 1.29 is 9.84 Å². The molecule has 0 aromatic carbocycles. The lowest BCUT2D eigenvalue weighted by Gasteiger charge is -2.25. The fourth-order valence-electron chi connectivity index (χ4n) is 1.96. The SMILES string of the molecule is C#CCNCC(O)COCC1CC=CCC1C. The van der Waals surface area contributed by atoms with E-state index in [4.69, 9.17) is 11.2 Å². The molecule has 96 valence electrons. The predicted octanol–water partition coefficient (Wildman–Crippen LogP) is 1.19. The summed E-state index contributed by atoms with van der Waals surface area (Å²) in [4.78, 5) is 0. The van der Waals surface area contributed by atoms with Crippen molar-refractivity contribution in [3.05, 3.63) is 12.2 Å². The van der Waals surface area contributed by atoms with Gasteiger partial charge in [0.15, 0.2) is 0 Å². The van der Waals surface area contributed by atoms with Crippen molar-refractivity contribution in [3.8, 4) is 12.3 Å². The number of allylic oxidation sites excluding steroid dienone is 2. The molecule has 0 saturated heterocycles. The largest absolute Gasteiger partial charge is 0.389 e. The van der Waals surface area contributed by atoms with Crippen LogP contribution in [0.4, 0.5) is 0 Å². The van der Waals surface area contributed by atoms with Gasteiger partial charge in [0.1, 0.15) is 0 Å². The molecule has 1 aliphatic rings. The monoisotopic (exact) mass is 237 g/mol. The maximum absolute atomic E-state index is 9.60. The molecule has 1 rings (SSSR count). The Labute approximate surface area is 104 Å². The quantitative estimate of drug-likeness (QED) is 0.397. The highest BCUT2D eigenvalue weighted by Gasteiger charge is 2.18. The summed E-state index contributed by atoms with van der Waals surface area (Å²) >= 11 is 0. The van der Waals surface area contributed by atoms with Crippen LogP contribution >= 0.6 is 0 Å². The molecule has 3 unspecified atom stereocenters. The minimum Gasteiger partial charge on any atom is -0.389 e. The smallest absolute Gasteiger partial charge is 0.0897 e. The Morgan fingerprint density at radius 1 is 1.53 bits per heavy atom. The van der Waals surface area contributed by atoms with Gasteiger partial charge >= 0.3 is 0 Å². The van der Waals surface area contributed by atoms with Gasteiger partial charge in [-0.1, -0.05) is 25.0 Å². The molecule has 0 bridgehead atoms. The number of aliphatic hydroxyl groups is 1. The van der Waals surface area contributed by atoms with Gasteiger partial charge in [-0.25, -0.2) is 0 Å². The van der Waals surface area contributed by atoms with Crippen molar-refractivity contribution in [1.29, 1.82) is 0 Å². The maximum Gasteiger partial charge on any atom is 0.0897 e. The minimum absolute atomic E-state index is 0.379. The standard InChI is InChI=1S/C14H23NO2/c1-3-8-15-9-14(16)11-17-10-13-7-5-4-6-12(13)2/h1,4-5,12-16H,6-11H2,2H3. The van der Waals surface area contributed by atoms with E-state index >= 15 is 0 Å². The zero-order valence-corrected chi connectivity index (χ0v) is 10.6. The van der Waals surface area contributed by atoms with Gasteiger partial charge in [-0.2, -0.15) is 0 Å². The van der Waals surface area contributed by atoms with E-state index in [-0.39, 0.29) is 0 Å². The van der Waals surface area contributed by atoms with E-state index in [1.54, 1.807) is 0 Å². The summed E-state index contributed by atoms with van der Waals surface area (Å²) in [6.07, 6.45) is 11.3. The Hall–Kier alpha value is -0.820. The number of aliphatic hydroxyl groups excluding tert-OH is 1. The van der Waals surface area contributed by atoms with E-state index in [2.05, 4.69) is 30.3 Å². The molecule has 0 heterocycles. The van der Waals surface area contributed by atoms with Crippen LogP contribution in [0.5, 0.6) is 0 Å². The van der Waals surface area contributed by atoms with Gasteiger partial charge in [-0.15, -0.1) is 6.42 Å². The van der Waals surface area contributed by atoms with Gasteiger partial charge in [-0.3, -0.25) is 0 Å². The highest BCUT2D eigenvalue weighted by molar-refractivity contribution is 4.93. The second-order valence-corrected chi connectivity index (χ2v) is 4.71. The summed E-state index contributed by atoms with van der Waals surface area (Å²) in [5, 5.41) is 12.6. The van der Waals surface area contributed by atoms with Crippen molar-refractivity contribution in [3.63, 3.8) is 0 Å². The van der Waals surface area contributed by atoms with E-state index in [1.165, 1.54) is 0 Å². The highest BCUT2D eigenvalue weighted by Crippen LogP contribution is 2.24.